The lowest BCUT2D eigenvalue weighted by Gasteiger charge is -2.11. The minimum absolute atomic E-state index is 0.265. The molecule has 0 heterocycles. The highest BCUT2D eigenvalue weighted by Gasteiger charge is 2.08. The van der Waals surface area contributed by atoms with Gasteiger partial charge in [-0.05, 0) is 30.2 Å². The zero-order valence-electron chi connectivity index (χ0n) is 9.73. The van der Waals surface area contributed by atoms with Crippen LogP contribution in [0.4, 0.5) is 4.39 Å². The molecule has 0 radical (unpaired) electrons. The van der Waals surface area contributed by atoms with Crippen molar-refractivity contribution in [2.45, 2.75) is 19.4 Å². The van der Waals surface area contributed by atoms with Gasteiger partial charge in [0.2, 0.25) is 0 Å². The van der Waals surface area contributed by atoms with Crippen molar-refractivity contribution in [3.8, 4) is 0 Å². The Labute approximate surface area is 101 Å². The lowest BCUT2D eigenvalue weighted by Crippen LogP contribution is -2.01. The number of halogens is 1. The Hall–Kier alpha value is -1.67. The first-order chi connectivity index (χ1) is 8.15. The van der Waals surface area contributed by atoms with Crippen molar-refractivity contribution in [2.75, 3.05) is 0 Å². The van der Waals surface area contributed by atoms with Gasteiger partial charge in [-0.3, -0.25) is 0 Å². The molecule has 0 bridgehead atoms. The summed E-state index contributed by atoms with van der Waals surface area (Å²) in [5.74, 6) is -0.265. The molecule has 0 aromatic heterocycles. The van der Waals surface area contributed by atoms with Crippen molar-refractivity contribution in [3.05, 3.63) is 71.0 Å². The lowest BCUT2D eigenvalue weighted by atomic mass is 10.0. The van der Waals surface area contributed by atoms with Crippen LogP contribution in [0.15, 0.2) is 48.5 Å². The van der Waals surface area contributed by atoms with E-state index in [9.17, 15) is 9.50 Å². The molecular weight excluding hydrogens is 215 g/mol. The fourth-order valence-electron chi connectivity index (χ4n) is 1.79. The monoisotopic (exact) mass is 230 g/mol. The zero-order valence-corrected chi connectivity index (χ0v) is 9.73. The average molecular weight is 230 g/mol. The minimum Gasteiger partial charge on any atom is -0.388 e. The Bertz CT molecular complexity index is 491. The van der Waals surface area contributed by atoms with Gasteiger partial charge in [-0.2, -0.15) is 0 Å². The molecule has 88 valence electrons. The SMILES string of the molecule is Cc1ccc(C(O)Cc2cccc(F)c2)cc1. The van der Waals surface area contributed by atoms with Gasteiger partial charge in [0.1, 0.15) is 5.82 Å². The highest BCUT2D eigenvalue weighted by Crippen LogP contribution is 2.19. The Balaban J connectivity index is 2.11. The Morgan fingerprint density at radius 1 is 1.12 bits per heavy atom. The second kappa shape index (κ2) is 5.11. The van der Waals surface area contributed by atoms with Crippen molar-refractivity contribution in [3.63, 3.8) is 0 Å². The first-order valence-corrected chi connectivity index (χ1v) is 5.64. The van der Waals surface area contributed by atoms with Crippen molar-refractivity contribution >= 4 is 0 Å². The normalized spacial score (nSPS) is 12.4. The predicted octanol–water partition coefficient (Wildman–Crippen LogP) is 3.41. The van der Waals surface area contributed by atoms with Crippen LogP contribution in [0.2, 0.25) is 0 Å². The standard InChI is InChI=1S/C15H15FO/c1-11-5-7-13(8-6-11)15(17)10-12-3-2-4-14(16)9-12/h2-9,15,17H,10H2,1H3. The van der Waals surface area contributed by atoms with Gasteiger partial charge in [-0.25, -0.2) is 4.39 Å². The van der Waals surface area contributed by atoms with Gasteiger partial charge >= 0.3 is 0 Å². The number of hydrogen-bond donors (Lipinski definition) is 1. The van der Waals surface area contributed by atoms with E-state index in [0.717, 1.165) is 16.7 Å². The fraction of sp³-hybridized carbons (Fsp3) is 0.200. The summed E-state index contributed by atoms with van der Waals surface area (Å²) in [7, 11) is 0. The second-order valence-corrected chi connectivity index (χ2v) is 4.26. The van der Waals surface area contributed by atoms with E-state index in [1.165, 1.54) is 12.1 Å². The van der Waals surface area contributed by atoms with Crippen molar-refractivity contribution < 1.29 is 9.50 Å². The minimum atomic E-state index is -0.586. The number of rotatable bonds is 3. The summed E-state index contributed by atoms with van der Waals surface area (Å²) in [6.45, 7) is 2.00. The first kappa shape index (κ1) is 11.8. The predicted molar refractivity (Wildman–Crippen MR) is 66.2 cm³/mol. The van der Waals surface area contributed by atoms with Crippen LogP contribution in [0.1, 0.15) is 22.8 Å². The summed E-state index contributed by atoms with van der Waals surface area (Å²) in [4.78, 5) is 0. The molecule has 1 N–H and O–H groups in total. The van der Waals surface area contributed by atoms with E-state index in [-0.39, 0.29) is 5.82 Å². The van der Waals surface area contributed by atoms with Crippen molar-refractivity contribution in [1.29, 1.82) is 0 Å². The Morgan fingerprint density at radius 3 is 2.47 bits per heavy atom. The maximum absolute atomic E-state index is 13.0. The summed E-state index contributed by atoms with van der Waals surface area (Å²) in [5.41, 5.74) is 2.82. The number of aryl methyl sites for hydroxylation is 1. The third kappa shape index (κ3) is 3.14. The molecule has 0 aliphatic heterocycles. The molecule has 0 aliphatic rings. The molecule has 2 aromatic rings. The van der Waals surface area contributed by atoms with Crippen LogP contribution < -0.4 is 0 Å². The van der Waals surface area contributed by atoms with Crippen LogP contribution >= 0.6 is 0 Å². The van der Waals surface area contributed by atoms with Crippen LogP contribution in [-0.4, -0.2) is 5.11 Å². The molecular formula is C15H15FO. The van der Waals surface area contributed by atoms with Crippen LogP contribution in [0.5, 0.6) is 0 Å². The molecule has 17 heavy (non-hydrogen) atoms. The van der Waals surface area contributed by atoms with Crippen LogP contribution in [-0.2, 0) is 6.42 Å². The van der Waals surface area contributed by atoms with E-state index < -0.39 is 6.10 Å². The highest BCUT2D eigenvalue weighted by molar-refractivity contribution is 5.25. The van der Waals surface area contributed by atoms with E-state index in [1.54, 1.807) is 6.07 Å². The molecule has 0 saturated heterocycles. The van der Waals surface area contributed by atoms with Crippen LogP contribution in [0.3, 0.4) is 0 Å². The molecule has 2 rings (SSSR count). The van der Waals surface area contributed by atoms with Gasteiger partial charge in [0, 0.05) is 6.42 Å². The molecule has 1 unspecified atom stereocenters. The fourth-order valence-corrected chi connectivity index (χ4v) is 1.79. The van der Waals surface area contributed by atoms with Gasteiger partial charge < -0.3 is 5.11 Å². The molecule has 1 nitrogen and oxygen atoms in total. The van der Waals surface area contributed by atoms with Gasteiger partial charge in [0.15, 0.2) is 0 Å². The summed E-state index contributed by atoms with van der Waals surface area (Å²) >= 11 is 0. The van der Waals surface area contributed by atoms with Gasteiger partial charge in [0.05, 0.1) is 6.10 Å². The van der Waals surface area contributed by atoms with E-state index >= 15 is 0 Å². The van der Waals surface area contributed by atoms with E-state index in [1.807, 2.05) is 37.3 Å². The lowest BCUT2D eigenvalue weighted by molar-refractivity contribution is 0.178. The van der Waals surface area contributed by atoms with Crippen molar-refractivity contribution in [2.24, 2.45) is 0 Å². The first-order valence-electron chi connectivity index (χ1n) is 5.64. The zero-order chi connectivity index (χ0) is 12.3. The third-order valence-corrected chi connectivity index (χ3v) is 2.78. The van der Waals surface area contributed by atoms with Crippen LogP contribution in [0.25, 0.3) is 0 Å². The summed E-state index contributed by atoms with van der Waals surface area (Å²) in [6, 6.07) is 14.1. The van der Waals surface area contributed by atoms with Crippen molar-refractivity contribution in [1.82, 2.24) is 0 Å². The average Bonchev–Trinajstić information content (AvgIpc) is 2.29. The molecule has 2 heteroatoms. The second-order valence-electron chi connectivity index (χ2n) is 4.26. The molecule has 1 atom stereocenters. The molecule has 0 fully saturated rings. The number of aliphatic hydroxyl groups is 1. The summed E-state index contributed by atoms with van der Waals surface area (Å²) in [5, 5.41) is 10.0. The highest BCUT2D eigenvalue weighted by atomic mass is 19.1. The molecule has 0 amide bonds. The summed E-state index contributed by atoms with van der Waals surface area (Å²) in [6.07, 6.45) is -0.154. The van der Waals surface area contributed by atoms with Gasteiger partial charge in [-0.1, -0.05) is 42.0 Å². The number of hydrogen-bond acceptors (Lipinski definition) is 1. The third-order valence-electron chi connectivity index (χ3n) is 2.78. The van der Waals surface area contributed by atoms with E-state index in [0.29, 0.717) is 6.42 Å². The van der Waals surface area contributed by atoms with Crippen LogP contribution in [0, 0.1) is 12.7 Å². The van der Waals surface area contributed by atoms with Gasteiger partial charge in [0.25, 0.3) is 0 Å². The molecule has 2 aromatic carbocycles. The maximum atomic E-state index is 13.0. The smallest absolute Gasteiger partial charge is 0.123 e. The van der Waals surface area contributed by atoms with Gasteiger partial charge in [-0.15, -0.1) is 0 Å². The quantitative estimate of drug-likeness (QED) is 0.856. The number of benzene rings is 2. The maximum Gasteiger partial charge on any atom is 0.123 e. The van der Waals surface area contributed by atoms with E-state index in [4.69, 9.17) is 0 Å². The molecule has 0 aliphatic carbocycles. The summed E-state index contributed by atoms with van der Waals surface area (Å²) < 4.78 is 13.0. The topological polar surface area (TPSA) is 20.2 Å². The molecule has 0 saturated carbocycles. The van der Waals surface area contributed by atoms with E-state index in [2.05, 4.69) is 0 Å². The Morgan fingerprint density at radius 2 is 1.82 bits per heavy atom. The largest absolute Gasteiger partial charge is 0.388 e. The Kier molecular flexibility index (Phi) is 3.55. The molecule has 0 spiro atoms. The number of aliphatic hydroxyl groups excluding tert-OH is 1.